The number of rotatable bonds is 4. The van der Waals surface area contributed by atoms with Crippen LogP contribution in [-0.2, 0) is 7.05 Å². The molecule has 0 radical (unpaired) electrons. The van der Waals surface area contributed by atoms with Gasteiger partial charge in [0, 0.05) is 51.0 Å². The topological polar surface area (TPSA) is 114 Å². The van der Waals surface area contributed by atoms with E-state index >= 15 is 0 Å². The van der Waals surface area contributed by atoms with Crippen LogP contribution in [0.3, 0.4) is 0 Å². The Bertz CT molecular complexity index is 1270. The largest absolute Gasteiger partial charge is 0.477 e. The van der Waals surface area contributed by atoms with Crippen molar-refractivity contribution in [3.05, 3.63) is 62.4 Å². The molecule has 1 saturated heterocycles. The van der Waals surface area contributed by atoms with E-state index in [9.17, 15) is 29.2 Å². The van der Waals surface area contributed by atoms with Crippen LogP contribution in [-0.4, -0.2) is 63.3 Å². The zero-order valence-corrected chi connectivity index (χ0v) is 16.9. The van der Waals surface area contributed by atoms with Crippen LogP contribution in [0.5, 0.6) is 0 Å². The van der Waals surface area contributed by atoms with Gasteiger partial charge in [-0.25, -0.2) is 9.18 Å². The monoisotopic (exact) mass is 429 g/mol. The summed E-state index contributed by atoms with van der Waals surface area (Å²) in [7, 11) is 3.56. The van der Waals surface area contributed by atoms with E-state index in [1.807, 2.05) is 11.9 Å². The van der Waals surface area contributed by atoms with Crippen molar-refractivity contribution in [3.8, 4) is 5.69 Å². The van der Waals surface area contributed by atoms with E-state index < -0.39 is 27.7 Å². The first kappa shape index (κ1) is 20.5. The first-order valence-corrected chi connectivity index (χ1v) is 9.54. The van der Waals surface area contributed by atoms with Crippen LogP contribution < -0.4 is 10.3 Å². The Hall–Kier alpha value is -3.73. The number of piperazine rings is 1. The third kappa shape index (κ3) is 3.52. The Labute approximate surface area is 175 Å². The molecule has 0 spiro atoms. The molecule has 0 aliphatic carbocycles. The molecule has 1 aromatic carbocycles. The molecule has 11 heteroatoms. The minimum atomic E-state index is -1.50. The number of aromatic nitrogens is 2. The molecule has 0 unspecified atom stereocenters. The van der Waals surface area contributed by atoms with E-state index in [1.165, 1.54) is 27.6 Å². The molecule has 31 heavy (non-hydrogen) atoms. The highest BCUT2D eigenvalue weighted by molar-refractivity contribution is 5.94. The minimum absolute atomic E-state index is 0.0796. The summed E-state index contributed by atoms with van der Waals surface area (Å²) in [5.74, 6) is -2.14. The van der Waals surface area contributed by atoms with E-state index in [4.69, 9.17) is 0 Å². The van der Waals surface area contributed by atoms with Gasteiger partial charge in [0.15, 0.2) is 0 Å². The van der Waals surface area contributed by atoms with Gasteiger partial charge in [-0.1, -0.05) is 0 Å². The van der Waals surface area contributed by atoms with Crippen LogP contribution in [0.2, 0.25) is 0 Å². The highest BCUT2D eigenvalue weighted by Crippen LogP contribution is 2.31. The van der Waals surface area contributed by atoms with Crippen molar-refractivity contribution in [1.82, 2.24) is 14.0 Å². The Morgan fingerprint density at radius 2 is 1.77 bits per heavy atom. The molecule has 0 saturated carbocycles. The minimum Gasteiger partial charge on any atom is -0.477 e. The number of aromatic carboxylic acids is 1. The summed E-state index contributed by atoms with van der Waals surface area (Å²) in [4.78, 5) is 39.3. The number of benzene rings is 1. The van der Waals surface area contributed by atoms with E-state index in [-0.39, 0.29) is 28.0 Å². The smallest absolute Gasteiger partial charge is 0.341 e. The third-order valence-corrected chi connectivity index (χ3v) is 5.52. The molecular formula is C20H20FN5O5. The van der Waals surface area contributed by atoms with E-state index in [0.29, 0.717) is 13.1 Å². The number of carboxylic acid groups (broad SMARTS) is 1. The summed E-state index contributed by atoms with van der Waals surface area (Å²) >= 11 is 0. The second kappa shape index (κ2) is 7.51. The Morgan fingerprint density at radius 3 is 2.39 bits per heavy atom. The molecule has 1 fully saturated rings. The Morgan fingerprint density at radius 1 is 1.10 bits per heavy atom. The molecule has 0 atom stereocenters. The van der Waals surface area contributed by atoms with E-state index in [0.717, 1.165) is 25.4 Å². The number of anilines is 1. The number of halogens is 1. The lowest BCUT2D eigenvalue weighted by Crippen LogP contribution is -2.44. The predicted molar refractivity (Wildman–Crippen MR) is 112 cm³/mol. The predicted octanol–water partition coefficient (Wildman–Crippen LogP) is 1.83. The van der Waals surface area contributed by atoms with Gasteiger partial charge in [0.25, 0.3) is 0 Å². The van der Waals surface area contributed by atoms with Crippen molar-refractivity contribution >= 4 is 28.2 Å². The number of carboxylic acids is 1. The van der Waals surface area contributed by atoms with Gasteiger partial charge in [-0.2, -0.15) is 0 Å². The number of likely N-dealkylation sites (N-methyl/N-ethyl adjacent to an activating group) is 1. The highest BCUT2D eigenvalue weighted by Gasteiger charge is 2.25. The average molecular weight is 429 g/mol. The molecule has 1 aliphatic heterocycles. The van der Waals surface area contributed by atoms with Gasteiger partial charge in [0.1, 0.15) is 17.1 Å². The number of hydrogen-bond donors (Lipinski definition) is 1. The van der Waals surface area contributed by atoms with Crippen LogP contribution in [0.4, 0.5) is 15.8 Å². The number of pyridine rings is 1. The van der Waals surface area contributed by atoms with Crippen molar-refractivity contribution in [2.24, 2.45) is 7.05 Å². The fraction of sp³-hybridized carbons (Fsp3) is 0.300. The summed E-state index contributed by atoms with van der Waals surface area (Å²) < 4.78 is 17.7. The average Bonchev–Trinajstić information content (AvgIpc) is 3.10. The molecule has 0 bridgehead atoms. The quantitative estimate of drug-likeness (QED) is 0.497. The molecule has 4 rings (SSSR count). The number of fused-ring (bicyclic) bond motifs is 1. The van der Waals surface area contributed by atoms with Crippen molar-refractivity contribution in [3.63, 3.8) is 0 Å². The fourth-order valence-corrected chi connectivity index (χ4v) is 3.86. The van der Waals surface area contributed by atoms with Gasteiger partial charge in [0.2, 0.25) is 5.43 Å². The van der Waals surface area contributed by atoms with Gasteiger partial charge < -0.3 is 24.0 Å². The molecule has 10 nitrogen and oxygen atoms in total. The second-order valence-electron chi connectivity index (χ2n) is 7.61. The van der Waals surface area contributed by atoms with Crippen molar-refractivity contribution in [2.75, 3.05) is 38.1 Å². The molecular weight excluding hydrogens is 409 g/mol. The van der Waals surface area contributed by atoms with Gasteiger partial charge >= 0.3 is 11.7 Å². The third-order valence-electron chi connectivity index (χ3n) is 5.52. The lowest BCUT2D eigenvalue weighted by Gasteiger charge is -2.34. The lowest BCUT2D eigenvalue weighted by atomic mass is 10.1. The molecule has 3 aromatic rings. The molecule has 1 aliphatic rings. The molecule has 1 N–H and O–H groups in total. The summed E-state index contributed by atoms with van der Waals surface area (Å²) in [6.07, 6.45) is 3.79. The van der Waals surface area contributed by atoms with E-state index in [1.54, 1.807) is 7.05 Å². The maximum absolute atomic E-state index is 15.0. The van der Waals surface area contributed by atoms with Gasteiger partial charge in [-0.05, 0) is 19.2 Å². The molecule has 3 heterocycles. The zero-order valence-electron chi connectivity index (χ0n) is 16.9. The highest BCUT2D eigenvalue weighted by atomic mass is 19.1. The molecule has 0 amide bonds. The fourth-order valence-electron chi connectivity index (χ4n) is 3.86. The van der Waals surface area contributed by atoms with Crippen LogP contribution in [0.15, 0.2) is 35.5 Å². The summed E-state index contributed by atoms with van der Waals surface area (Å²) in [5.41, 5.74) is -1.18. The number of aryl methyl sites for hydroxylation is 1. The summed E-state index contributed by atoms with van der Waals surface area (Å²) in [6.45, 7) is 2.60. The standard InChI is InChI=1S/C20H20FN5O5/c1-22-3-5-24(6-4-22)16-8-15-12(7-14(16)21)19(27)13(20(28)29)9-25(15)17-10-23(2)11-18(17)26(30)31/h7-11H,3-6H2,1-2H3,(H,28,29). The Balaban J connectivity index is 2.03. The second-order valence-corrected chi connectivity index (χ2v) is 7.61. The van der Waals surface area contributed by atoms with E-state index in [2.05, 4.69) is 4.90 Å². The van der Waals surface area contributed by atoms with Crippen LogP contribution in [0.25, 0.3) is 16.6 Å². The first-order chi connectivity index (χ1) is 14.7. The van der Waals surface area contributed by atoms with Crippen molar-refractivity contribution in [2.45, 2.75) is 0 Å². The number of nitrogens with zero attached hydrogens (tertiary/aromatic N) is 5. The molecule has 162 valence electrons. The SMILES string of the molecule is CN1CCN(c2cc3c(cc2F)c(=O)c(C(=O)O)cn3-c2cn(C)cc2[N+](=O)[O-])CC1. The number of nitro groups is 1. The number of carbonyl (C=O) groups is 1. The summed E-state index contributed by atoms with van der Waals surface area (Å²) in [5, 5.41) is 20.9. The lowest BCUT2D eigenvalue weighted by molar-refractivity contribution is -0.384. The molecule has 2 aromatic heterocycles. The maximum atomic E-state index is 15.0. The van der Waals surface area contributed by atoms with Gasteiger partial charge in [-0.15, -0.1) is 0 Å². The zero-order chi connectivity index (χ0) is 22.4. The summed E-state index contributed by atoms with van der Waals surface area (Å²) in [6, 6.07) is 2.47. The van der Waals surface area contributed by atoms with Crippen molar-refractivity contribution in [1.29, 1.82) is 0 Å². The van der Waals surface area contributed by atoms with Crippen LogP contribution >= 0.6 is 0 Å². The van der Waals surface area contributed by atoms with Gasteiger partial charge in [-0.3, -0.25) is 14.9 Å². The van der Waals surface area contributed by atoms with Crippen LogP contribution in [0.1, 0.15) is 10.4 Å². The number of hydrogen-bond acceptors (Lipinski definition) is 6. The van der Waals surface area contributed by atoms with Crippen molar-refractivity contribution < 1.29 is 19.2 Å². The maximum Gasteiger partial charge on any atom is 0.341 e. The Kier molecular flexibility index (Phi) is 4.97. The normalized spacial score (nSPS) is 14.9. The van der Waals surface area contributed by atoms with Crippen LogP contribution in [0, 0.1) is 15.9 Å². The van der Waals surface area contributed by atoms with Gasteiger partial charge in [0.05, 0.1) is 22.3 Å². The first-order valence-electron chi connectivity index (χ1n) is 9.54.